The van der Waals surface area contributed by atoms with Crippen molar-refractivity contribution in [1.29, 1.82) is 0 Å². The summed E-state index contributed by atoms with van der Waals surface area (Å²) >= 11 is 0. The summed E-state index contributed by atoms with van der Waals surface area (Å²) in [6.45, 7) is 7.76. The van der Waals surface area contributed by atoms with Gasteiger partial charge in [0.1, 0.15) is 0 Å². The van der Waals surface area contributed by atoms with Gasteiger partial charge in [-0.2, -0.15) is 0 Å². The average molecular weight is 226 g/mol. The van der Waals surface area contributed by atoms with Crippen LogP contribution in [0.1, 0.15) is 26.7 Å². The van der Waals surface area contributed by atoms with Gasteiger partial charge < -0.3 is 0 Å². The fraction of sp³-hybridized carbons (Fsp3) is 0.294. The van der Waals surface area contributed by atoms with Crippen molar-refractivity contribution in [2.24, 2.45) is 5.92 Å². The second kappa shape index (κ2) is 12.3. The lowest BCUT2D eigenvalue weighted by Crippen LogP contribution is -1.84. The molecule has 0 saturated heterocycles. The van der Waals surface area contributed by atoms with E-state index in [4.69, 9.17) is 0 Å². The van der Waals surface area contributed by atoms with Gasteiger partial charge in [-0.1, -0.05) is 67.4 Å². The lowest BCUT2D eigenvalue weighted by atomic mass is 10.1. The first kappa shape index (κ1) is 15.3. The van der Waals surface area contributed by atoms with Crippen molar-refractivity contribution in [3.05, 3.63) is 61.3 Å². The van der Waals surface area contributed by atoms with Crippen LogP contribution in [0.25, 0.3) is 0 Å². The maximum Gasteiger partial charge on any atom is 0.0140 e. The summed E-state index contributed by atoms with van der Waals surface area (Å²) < 4.78 is 0. The van der Waals surface area contributed by atoms with Crippen LogP contribution < -0.4 is 0 Å². The van der Waals surface area contributed by atoms with Gasteiger partial charge >= 0.3 is 0 Å². The molecule has 0 radical (unpaired) electrons. The molecule has 0 aromatic carbocycles. The maximum absolute atomic E-state index is 3.70. The maximum atomic E-state index is 3.70. The van der Waals surface area contributed by atoms with Crippen LogP contribution in [-0.2, 0) is 0 Å². The molecule has 0 N–H and O–H groups in total. The fourth-order valence-corrected chi connectivity index (χ4v) is 1.15. The van der Waals surface area contributed by atoms with Crippen LogP contribution in [0.15, 0.2) is 61.3 Å². The standard InChI is InChI=1S/C17H22/c1-4-7-10-13-16-17(14-11-8-5-2)15-12-9-6-3/h5-6,9,11-17H,2,4,8H2,1,3H3/b9-6?,14-11+,15-12?,16-13?. The van der Waals surface area contributed by atoms with Crippen LogP contribution in [0.2, 0.25) is 0 Å². The molecule has 0 aromatic heterocycles. The lowest BCUT2D eigenvalue weighted by Gasteiger charge is -1.98. The summed E-state index contributed by atoms with van der Waals surface area (Å²) in [5.41, 5.74) is 0. The van der Waals surface area contributed by atoms with Gasteiger partial charge in [-0.15, -0.1) is 6.58 Å². The molecule has 0 nitrogen and oxygen atoms in total. The molecule has 0 aliphatic rings. The van der Waals surface area contributed by atoms with Crippen LogP contribution in [0, 0.1) is 17.8 Å². The molecule has 0 aliphatic heterocycles. The topological polar surface area (TPSA) is 0 Å². The van der Waals surface area contributed by atoms with Crippen molar-refractivity contribution in [2.75, 3.05) is 0 Å². The largest absolute Gasteiger partial charge is 0.103 e. The zero-order valence-corrected chi connectivity index (χ0v) is 10.9. The second-order valence-electron chi connectivity index (χ2n) is 3.47. The first-order valence-corrected chi connectivity index (χ1v) is 6.07. The van der Waals surface area contributed by atoms with Crippen LogP contribution in [-0.4, -0.2) is 0 Å². The Morgan fingerprint density at radius 1 is 1.18 bits per heavy atom. The Balaban J connectivity index is 4.48. The van der Waals surface area contributed by atoms with E-state index in [1.807, 2.05) is 38.2 Å². The van der Waals surface area contributed by atoms with Crippen molar-refractivity contribution in [3.63, 3.8) is 0 Å². The number of hydrogen-bond acceptors (Lipinski definition) is 0. The monoisotopic (exact) mass is 226 g/mol. The Bertz CT molecular complexity index is 353. The molecule has 1 unspecified atom stereocenters. The minimum absolute atomic E-state index is 0.303. The van der Waals surface area contributed by atoms with Gasteiger partial charge in [0.15, 0.2) is 0 Å². The molecule has 1 atom stereocenters. The number of hydrogen-bond donors (Lipinski definition) is 0. The Kier molecular flexibility index (Phi) is 11.1. The molecule has 0 rings (SSSR count). The summed E-state index contributed by atoms with van der Waals surface area (Å²) in [6, 6.07) is 0. The van der Waals surface area contributed by atoms with E-state index in [0.29, 0.717) is 5.92 Å². The van der Waals surface area contributed by atoms with Gasteiger partial charge in [-0.25, -0.2) is 0 Å². The Morgan fingerprint density at radius 3 is 2.65 bits per heavy atom. The van der Waals surface area contributed by atoms with E-state index in [1.54, 1.807) is 0 Å². The van der Waals surface area contributed by atoms with Gasteiger partial charge in [0, 0.05) is 12.3 Å². The predicted octanol–water partition coefficient (Wildman–Crippen LogP) is 4.84. The lowest BCUT2D eigenvalue weighted by molar-refractivity contribution is 1.06. The molecule has 0 heterocycles. The molecule has 17 heavy (non-hydrogen) atoms. The zero-order chi connectivity index (χ0) is 12.8. The summed E-state index contributed by atoms with van der Waals surface area (Å²) in [6.07, 6.45) is 20.2. The van der Waals surface area contributed by atoms with Crippen molar-refractivity contribution < 1.29 is 0 Å². The predicted molar refractivity (Wildman–Crippen MR) is 78.6 cm³/mol. The van der Waals surface area contributed by atoms with Gasteiger partial charge in [0.2, 0.25) is 0 Å². The molecular formula is C17H22. The molecule has 0 aromatic rings. The third kappa shape index (κ3) is 10.5. The highest BCUT2D eigenvalue weighted by molar-refractivity contribution is 5.21. The summed E-state index contributed by atoms with van der Waals surface area (Å²) in [4.78, 5) is 0. The minimum Gasteiger partial charge on any atom is -0.103 e. The fourth-order valence-electron chi connectivity index (χ4n) is 1.15. The van der Waals surface area contributed by atoms with E-state index in [-0.39, 0.29) is 0 Å². The molecule has 90 valence electrons. The van der Waals surface area contributed by atoms with E-state index in [2.05, 4.69) is 48.8 Å². The van der Waals surface area contributed by atoms with Crippen molar-refractivity contribution in [3.8, 4) is 11.8 Å². The Morgan fingerprint density at radius 2 is 2.00 bits per heavy atom. The van der Waals surface area contributed by atoms with Crippen molar-refractivity contribution in [2.45, 2.75) is 26.7 Å². The molecule has 0 fully saturated rings. The molecular weight excluding hydrogens is 204 g/mol. The number of allylic oxidation sites excluding steroid dienone is 9. The van der Waals surface area contributed by atoms with Gasteiger partial charge in [-0.3, -0.25) is 0 Å². The Hall–Kier alpha value is -1.74. The van der Waals surface area contributed by atoms with Gasteiger partial charge in [0.25, 0.3) is 0 Å². The second-order valence-corrected chi connectivity index (χ2v) is 3.47. The van der Waals surface area contributed by atoms with Crippen LogP contribution in [0.5, 0.6) is 0 Å². The molecule has 0 amide bonds. The van der Waals surface area contributed by atoms with Gasteiger partial charge in [-0.05, 0) is 19.4 Å². The van der Waals surface area contributed by atoms with E-state index in [9.17, 15) is 0 Å². The molecule has 0 aliphatic carbocycles. The summed E-state index contributed by atoms with van der Waals surface area (Å²) in [7, 11) is 0. The highest BCUT2D eigenvalue weighted by atomic mass is 14.0. The molecule has 0 saturated carbocycles. The van der Waals surface area contributed by atoms with E-state index in [0.717, 1.165) is 12.8 Å². The first-order chi connectivity index (χ1) is 8.35. The van der Waals surface area contributed by atoms with Crippen molar-refractivity contribution >= 4 is 0 Å². The summed E-state index contributed by atoms with van der Waals surface area (Å²) in [5, 5.41) is 0. The normalized spacial score (nSPS) is 13.5. The smallest absolute Gasteiger partial charge is 0.0140 e. The Labute approximate surface area is 106 Å². The average Bonchev–Trinajstić information content (AvgIpc) is 2.34. The van der Waals surface area contributed by atoms with Crippen LogP contribution in [0.3, 0.4) is 0 Å². The molecule has 0 heteroatoms. The van der Waals surface area contributed by atoms with Crippen LogP contribution in [0.4, 0.5) is 0 Å². The van der Waals surface area contributed by atoms with Gasteiger partial charge in [0.05, 0.1) is 0 Å². The quantitative estimate of drug-likeness (QED) is 0.345. The minimum atomic E-state index is 0.303. The highest BCUT2D eigenvalue weighted by Gasteiger charge is 1.91. The third-order valence-electron chi connectivity index (χ3n) is 1.98. The van der Waals surface area contributed by atoms with Crippen molar-refractivity contribution in [1.82, 2.24) is 0 Å². The van der Waals surface area contributed by atoms with E-state index in [1.165, 1.54) is 0 Å². The molecule has 0 bridgehead atoms. The third-order valence-corrected chi connectivity index (χ3v) is 1.98. The number of rotatable bonds is 6. The molecule has 0 spiro atoms. The van der Waals surface area contributed by atoms with E-state index < -0.39 is 0 Å². The van der Waals surface area contributed by atoms with E-state index >= 15 is 0 Å². The highest BCUT2D eigenvalue weighted by Crippen LogP contribution is 2.05. The van der Waals surface area contributed by atoms with Crippen LogP contribution >= 0.6 is 0 Å². The summed E-state index contributed by atoms with van der Waals surface area (Å²) in [5.74, 6) is 6.34. The SMILES string of the molecule is C=CC/C=C/C(C=CC#CCC)C=CC=CC. The first-order valence-electron chi connectivity index (χ1n) is 6.07. The zero-order valence-electron chi connectivity index (χ0n) is 10.9.